The van der Waals surface area contributed by atoms with Crippen LogP contribution in [0.25, 0.3) is 0 Å². The van der Waals surface area contributed by atoms with E-state index in [2.05, 4.69) is 10.0 Å². The number of fused-ring (bicyclic) bond motifs is 1. The van der Waals surface area contributed by atoms with Crippen molar-refractivity contribution in [2.75, 3.05) is 16.6 Å². The van der Waals surface area contributed by atoms with Crippen LogP contribution in [0.15, 0.2) is 71.6 Å². The Labute approximate surface area is 211 Å². The monoisotopic (exact) mass is 506 g/mol. The van der Waals surface area contributed by atoms with Crippen molar-refractivity contribution in [1.82, 2.24) is 0 Å². The number of anilines is 2. The van der Waals surface area contributed by atoms with Gasteiger partial charge in [0, 0.05) is 47.5 Å². The van der Waals surface area contributed by atoms with Crippen LogP contribution in [0.1, 0.15) is 77.6 Å². The number of Topliss-reactive ketones (excluding diaryl/α,β-unsaturated/α-hetero) is 2. The van der Waals surface area contributed by atoms with Crippen molar-refractivity contribution in [3.63, 3.8) is 0 Å². The van der Waals surface area contributed by atoms with Crippen molar-refractivity contribution in [2.24, 2.45) is 0 Å². The van der Waals surface area contributed by atoms with Crippen molar-refractivity contribution < 1.29 is 22.7 Å². The third-order valence-corrected chi connectivity index (χ3v) is 7.66. The Morgan fingerprint density at radius 3 is 2.47 bits per heavy atom. The molecule has 1 aliphatic heterocycles. The predicted octanol–water partition coefficient (Wildman–Crippen LogP) is 5.92. The maximum atomic E-state index is 13.2. The van der Waals surface area contributed by atoms with Crippen LogP contribution in [0.4, 0.5) is 11.4 Å². The van der Waals surface area contributed by atoms with Crippen molar-refractivity contribution in [1.29, 1.82) is 0 Å². The minimum atomic E-state index is -3.90. The van der Waals surface area contributed by atoms with Gasteiger partial charge in [-0.2, -0.15) is 0 Å². The Morgan fingerprint density at radius 1 is 1.00 bits per heavy atom. The van der Waals surface area contributed by atoms with Crippen molar-refractivity contribution in [3.8, 4) is 0 Å². The van der Waals surface area contributed by atoms with E-state index >= 15 is 0 Å². The maximum absolute atomic E-state index is 13.2. The number of hydrogen-bond acceptors (Lipinski definition) is 6. The molecule has 3 aromatic carbocycles. The number of sulfonamides is 1. The summed E-state index contributed by atoms with van der Waals surface area (Å²) in [6.07, 6.45) is 0.602. The van der Waals surface area contributed by atoms with E-state index in [-0.39, 0.29) is 28.6 Å². The fourth-order valence-corrected chi connectivity index (χ4v) is 5.51. The van der Waals surface area contributed by atoms with E-state index in [1.54, 1.807) is 62.4 Å². The van der Waals surface area contributed by atoms with Gasteiger partial charge in [-0.05, 0) is 55.8 Å². The Morgan fingerprint density at radius 2 is 1.75 bits per heavy atom. The second kappa shape index (κ2) is 10.6. The minimum absolute atomic E-state index is 0.00126. The summed E-state index contributed by atoms with van der Waals surface area (Å²) in [5, 5.41) is 3.48. The van der Waals surface area contributed by atoms with Gasteiger partial charge in [0.1, 0.15) is 0 Å². The van der Waals surface area contributed by atoms with Gasteiger partial charge in [-0.25, -0.2) is 8.42 Å². The first-order valence-corrected chi connectivity index (χ1v) is 13.5. The third-order valence-electron chi connectivity index (χ3n) is 6.28. The second-order valence-electron chi connectivity index (χ2n) is 8.77. The summed E-state index contributed by atoms with van der Waals surface area (Å²) < 4.78 is 35.0. The smallest absolute Gasteiger partial charge is 0.261 e. The molecule has 2 unspecified atom stereocenters. The van der Waals surface area contributed by atoms with Gasteiger partial charge in [0.05, 0.1) is 17.0 Å². The number of rotatable bonds is 9. The minimum Gasteiger partial charge on any atom is -0.378 e. The fraction of sp³-hybridized carbons (Fsp3) is 0.286. The van der Waals surface area contributed by atoms with Gasteiger partial charge in [0.2, 0.25) is 0 Å². The summed E-state index contributed by atoms with van der Waals surface area (Å²) in [7, 11) is -3.90. The van der Waals surface area contributed by atoms with Crippen LogP contribution in [0.2, 0.25) is 0 Å². The second-order valence-corrected chi connectivity index (χ2v) is 10.5. The van der Waals surface area contributed by atoms with Crippen LogP contribution >= 0.6 is 0 Å². The molecule has 1 aliphatic rings. The van der Waals surface area contributed by atoms with Crippen LogP contribution < -0.4 is 10.0 Å². The SMILES string of the molecule is CCOC1CC(c2cccc(C(C)=O)c2)Nc2ccc(S(=O)(=O)Nc3cccc(C(=O)CC)c3)cc21. The molecule has 0 amide bonds. The van der Waals surface area contributed by atoms with Crippen LogP contribution in [-0.4, -0.2) is 26.6 Å². The molecule has 8 heteroatoms. The van der Waals surface area contributed by atoms with E-state index in [9.17, 15) is 18.0 Å². The first kappa shape index (κ1) is 25.6. The number of carbonyl (C=O) groups is 2. The van der Waals surface area contributed by atoms with Gasteiger partial charge in [-0.3, -0.25) is 14.3 Å². The van der Waals surface area contributed by atoms with Gasteiger partial charge in [0.15, 0.2) is 11.6 Å². The van der Waals surface area contributed by atoms with Gasteiger partial charge < -0.3 is 10.1 Å². The first-order valence-electron chi connectivity index (χ1n) is 12.0. The third kappa shape index (κ3) is 5.50. The predicted molar refractivity (Wildman–Crippen MR) is 140 cm³/mol. The molecule has 0 saturated carbocycles. The molecule has 0 spiro atoms. The molecule has 0 aliphatic carbocycles. The molecule has 188 valence electrons. The normalized spacial score (nSPS) is 17.1. The van der Waals surface area contributed by atoms with E-state index < -0.39 is 10.0 Å². The molecule has 0 bridgehead atoms. The fourth-order valence-electron chi connectivity index (χ4n) is 4.42. The molecule has 0 fully saturated rings. The highest BCUT2D eigenvalue weighted by Gasteiger charge is 2.30. The quantitative estimate of drug-likeness (QED) is 0.350. The first-order chi connectivity index (χ1) is 17.2. The summed E-state index contributed by atoms with van der Waals surface area (Å²) in [6, 6.07) is 18.8. The molecule has 2 N–H and O–H groups in total. The summed E-state index contributed by atoms with van der Waals surface area (Å²) >= 11 is 0. The maximum Gasteiger partial charge on any atom is 0.261 e. The Balaban J connectivity index is 1.63. The lowest BCUT2D eigenvalue weighted by Gasteiger charge is -2.33. The highest BCUT2D eigenvalue weighted by molar-refractivity contribution is 7.92. The lowest BCUT2D eigenvalue weighted by atomic mass is 9.90. The van der Waals surface area contributed by atoms with Crippen LogP contribution in [0.5, 0.6) is 0 Å². The van der Waals surface area contributed by atoms with E-state index in [0.717, 1.165) is 16.8 Å². The lowest BCUT2D eigenvalue weighted by Crippen LogP contribution is -2.24. The van der Waals surface area contributed by atoms with Gasteiger partial charge in [0.25, 0.3) is 10.0 Å². The molecule has 3 aromatic rings. The Hall–Kier alpha value is -3.49. The van der Waals surface area contributed by atoms with E-state index in [1.165, 1.54) is 0 Å². The molecule has 4 rings (SSSR count). The summed E-state index contributed by atoms with van der Waals surface area (Å²) in [6.45, 7) is 5.68. The number of carbonyl (C=O) groups excluding carboxylic acids is 2. The number of benzene rings is 3. The number of nitrogens with one attached hydrogen (secondary N) is 2. The topological polar surface area (TPSA) is 102 Å². The van der Waals surface area contributed by atoms with E-state index in [4.69, 9.17) is 4.74 Å². The number of ketones is 2. The highest BCUT2D eigenvalue weighted by atomic mass is 32.2. The zero-order valence-electron chi connectivity index (χ0n) is 20.6. The van der Waals surface area contributed by atoms with Crippen molar-refractivity contribution in [2.45, 2.75) is 50.7 Å². The summed E-state index contributed by atoms with van der Waals surface area (Å²) in [5.74, 6) is -0.0554. The summed E-state index contributed by atoms with van der Waals surface area (Å²) in [4.78, 5) is 24.0. The van der Waals surface area contributed by atoms with E-state index in [0.29, 0.717) is 36.3 Å². The molecule has 2 atom stereocenters. The van der Waals surface area contributed by atoms with Gasteiger partial charge >= 0.3 is 0 Å². The van der Waals surface area contributed by atoms with Gasteiger partial charge in [-0.15, -0.1) is 0 Å². The van der Waals surface area contributed by atoms with Crippen LogP contribution in [0.3, 0.4) is 0 Å². The van der Waals surface area contributed by atoms with Gasteiger partial charge in [-0.1, -0.05) is 37.3 Å². The average molecular weight is 507 g/mol. The zero-order valence-corrected chi connectivity index (χ0v) is 21.4. The van der Waals surface area contributed by atoms with Crippen molar-refractivity contribution >= 4 is 33.0 Å². The number of hydrogen-bond donors (Lipinski definition) is 2. The standard InChI is InChI=1S/C28H30N2O5S/c1-4-27(32)21-10-7-11-22(15-21)30-36(33,34)23-12-13-25-24(16-23)28(35-5-2)17-26(29-25)20-9-6-8-19(14-20)18(3)31/h6-16,26,28-30H,4-5,17H2,1-3H3. The molecule has 1 heterocycles. The average Bonchev–Trinajstić information content (AvgIpc) is 2.88. The lowest BCUT2D eigenvalue weighted by molar-refractivity contribution is 0.0497. The van der Waals surface area contributed by atoms with Crippen LogP contribution in [0, 0.1) is 0 Å². The highest BCUT2D eigenvalue weighted by Crippen LogP contribution is 2.42. The van der Waals surface area contributed by atoms with E-state index in [1.807, 2.05) is 25.1 Å². The Bertz CT molecular complexity index is 1400. The molecule has 7 nitrogen and oxygen atoms in total. The molecule has 0 radical (unpaired) electrons. The molecular weight excluding hydrogens is 476 g/mol. The molecular formula is C28H30N2O5S. The molecule has 0 aromatic heterocycles. The zero-order chi connectivity index (χ0) is 25.9. The Kier molecular flexibility index (Phi) is 7.56. The van der Waals surface area contributed by atoms with Crippen LogP contribution in [-0.2, 0) is 14.8 Å². The largest absolute Gasteiger partial charge is 0.378 e. The molecule has 36 heavy (non-hydrogen) atoms. The number of ether oxygens (including phenoxy) is 1. The molecule has 0 saturated heterocycles. The van der Waals surface area contributed by atoms with Crippen molar-refractivity contribution in [3.05, 3.63) is 89.0 Å². The summed E-state index contributed by atoms with van der Waals surface area (Å²) in [5.41, 5.74) is 3.95.